The molecule has 0 aliphatic heterocycles. The molecule has 0 saturated heterocycles. The van der Waals surface area contributed by atoms with Crippen molar-refractivity contribution < 1.29 is 0 Å². The Morgan fingerprint density at radius 1 is 0.848 bits per heavy atom. The van der Waals surface area contributed by atoms with Gasteiger partial charge in [0.05, 0.1) is 6.04 Å². The van der Waals surface area contributed by atoms with Gasteiger partial charge in [-0.2, -0.15) is 5.10 Å². The summed E-state index contributed by atoms with van der Waals surface area (Å²) < 4.78 is 2.07. The summed E-state index contributed by atoms with van der Waals surface area (Å²) in [6.07, 6.45) is 1.72. The molecule has 7 heteroatoms. The summed E-state index contributed by atoms with van der Waals surface area (Å²) in [4.78, 5) is 4.90. The Labute approximate surface area is 192 Å². The lowest BCUT2D eigenvalue weighted by Crippen LogP contribution is -2.10. The molecule has 1 N–H and O–H groups in total. The van der Waals surface area contributed by atoms with Crippen LogP contribution in [0.25, 0.3) is 33.9 Å². The van der Waals surface area contributed by atoms with Gasteiger partial charge in [0, 0.05) is 17.5 Å². The summed E-state index contributed by atoms with van der Waals surface area (Å²) in [7, 11) is 0. The van der Waals surface area contributed by atoms with Gasteiger partial charge in [0.15, 0.2) is 11.6 Å². The zero-order chi connectivity index (χ0) is 22.6. The molecule has 2 aromatic heterocycles. The normalized spacial score (nSPS) is 12.1. The molecule has 0 amide bonds. The summed E-state index contributed by atoms with van der Waals surface area (Å²) in [6, 6.07) is 27.1. The second-order valence-corrected chi connectivity index (χ2v) is 8.09. The minimum Gasteiger partial charge on any atom is -0.246 e. The van der Waals surface area contributed by atoms with Gasteiger partial charge in [-0.3, -0.25) is 0 Å². The van der Waals surface area contributed by atoms with Gasteiger partial charge >= 0.3 is 0 Å². The van der Waals surface area contributed by atoms with Crippen molar-refractivity contribution in [2.45, 2.75) is 32.7 Å². The quantitative estimate of drug-likeness (QED) is 0.372. The van der Waals surface area contributed by atoms with Gasteiger partial charge in [0.2, 0.25) is 0 Å². The van der Waals surface area contributed by atoms with Crippen molar-refractivity contribution in [3.8, 4) is 33.9 Å². The number of H-pyrrole nitrogens is 1. The van der Waals surface area contributed by atoms with Crippen molar-refractivity contribution in [2.24, 2.45) is 0 Å². The van der Waals surface area contributed by atoms with Crippen LogP contribution in [-0.2, 0) is 6.42 Å². The van der Waals surface area contributed by atoms with E-state index in [4.69, 9.17) is 10.1 Å². The summed E-state index contributed by atoms with van der Waals surface area (Å²) in [5.74, 6) is 2.41. The number of hydrogen-bond donors (Lipinski definition) is 1. The molecule has 5 rings (SSSR count). The third-order valence-corrected chi connectivity index (χ3v) is 5.90. The van der Waals surface area contributed by atoms with Crippen molar-refractivity contribution in [1.82, 2.24) is 35.4 Å². The Balaban J connectivity index is 1.44. The van der Waals surface area contributed by atoms with E-state index in [9.17, 15) is 0 Å². The van der Waals surface area contributed by atoms with Crippen LogP contribution in [0.4, 0.5) is 0 Å². The first kappa shape index (κ1) is 20.8. The number of rotatable bonds is 7. The van der Waals surface area contributed by atoms with E-state index in [0.717, 1.165) is 46.7 Å². The molecular formula is C26H25N7. The lowest BCUT2D eigenvalue weighted by molar-refractivity contribution is 0.461. The summed E-state index contributed by atoms with van der Waals surface area (Å²) in [6.45, 7) is 4.36. The highest BCUT2D eigenvalue weighted by molar-refractivity contribution is 5.80. The Hall–Kier alpha value is -4.13. The Kier molecular flexibility index (Phi) is 5.76. The molecule has 3 aromatic carbocycles. The third kappa shape index (κ3) is 4.30. The van der Waals surface area contributed by atoms with E-state index < -0.39 is 0 Å². The fraction of sp³-hybridized carbons (Fsp3) is 0.192. The van der Waals surface area contributed by atoms with Crippen molar-refractivity contribution in [3.63, 3.8) is 0 Å². The van der Waals surface area contributed by atoms with Gasteiger partial charge < -0.3 is 0 Å². The first-order chi connectivity index (χ1) is 16.2. The number of nitrogens with one attached hydrogen (secondary N) is 1. The molecule has 0 bridgehead atoms. The summed E-state index contributed by atoms with van der Waals surface area (Å²) >= 11 is 0. The van der Waals surface area contributed by atoms with E-state index >= 15 is 0 Å². The van der Waals surface area contributed by atoms with E-state index in [1.807, 2.05) is 36.4 Å². The Morgan fingerprint density at radius 3 is 2.27 bits per heavy atom. The standard InChI is InChI=1S/C26H25N7/c1-3-18(2)33-24(27-25(30-33)21-9-5-4-6-10-21)17-19-13-15-20(16-14-19)22-11-7-8-12-23(22)26-28-31-32-29-26/h4-16,18H,3,17H2,1-2H3,(H,28,29,31,32). The van der Waals surface area contributed by atoms with E-state index in [0.29, 0.717) is 5.82 Å². The monoisotopic (exact) mass is 435 g/mol. The molecular weight excluding hydrogens is 410 g/mol. The van der Waals surface area contributed by atoms with Crippen LogP contribution < -0.4 is 0 Å². The fourth-order valence-corrected chi connectivity index (χ4v) is 3.91. The van der Waals surface area contributed by atoms with Crippen molar-refractivity contribution in [1.29, 1.82) is 0 Å². The number of hydrogen-bond acceptors (Lipinski definition) is 5. The number of tetrazole rings is 1. The van der Waals surface area contributed by atoms with E-state index in [2.05, 4.69) is 81.6 Å². The van der Waals surface area contributed by atoms with E-state index in [1.165, 1.54) is 5.56 Å². The minimum absolute atomic E-state index is 0.284. The van der Waals surface area contributed by atoms with Crippen LogP contribution in [0.1, 0.15) is 37.7 Å². The molecule has 0 radical (unpaired) electrons. The second-order valence-electron chi connectivity index (χ2n) is 8.09. The highest BCUT2D eigenvalue weighted by atomic mass is 15.5. The molecule has 1 unspecified atom stereocenters. The maximum absolute atomic E-state index is 4.90. The van der Waals surface area contributed by atoms with Crippen LogP contribution in [0.5, 0.6) is 0 Å². The van der Waals surface area contributed by atoms with Crippen LogP contribution in [0, 0.1) is 0 Å². The lowest BCUT2D eigenvalue weighted by Gasteiger charge is -2.12. The predicted octanol–water partition coefficient (Wildman–Crippen LogP) is 5.35. The highest BCUT2D eigenvalue weighted by Crippen LogP contribution is 2.30. The van der Waals surface area contributed by atoms with Crippen LogP contribution >= 0.6 is 0 Å². The molecule has 164 valence electrons. The lowest BCUT2D eigenvalue weighted by atomic mass is 9.98. The van der Waals surface area contributed by atoms with Gasteiger partial charge in [0.1, 0.15) is 5.82 Å². The molecule has 5 aromatic rings. The third-order valence-electron chi connectivity index (χ3n) is 5.90. The minimum atomic E-state index is 0.284. The molecule has 33 heavy (non-hydrogen) atoms. The number of benzene rings is 3. The van der Waals surface area contributed by atoms with Gasteiger partial charge in [-0.25, -0.2) is 14.8 Å². The SMILES string of the molecule is CCC(C)n1nc(-c2ccccc2)nc1Cc1ccc(-c2ccccc2-c2nnn[nH]2)cc1. The van der Waals surface area contributed by atoms with E-state index in [1.54, 1.807) is 0 Å². The maximum Gasteiger partial charge on any atom is 0.181 e. The molecule has 0 aliphatic rings. The number of aromatic nitrogens is 7. The molecule has 2 heterocycles. The van der Waals surface area contributed by atoms with Crippen molar-refractivity contribution in [2.75, 3.05) is 0 Å². The molecule has 0 spiro atoms. The van der Waals surface area contributed by atoms with Gasteiger partial charge in [-0.1, -0.05) is 85.8 Å². The zero-order valence-corrected chi connectivity index (χ0v) is 18.7. The molecule has 0 saturated carbocycles. The fourth-order valence-electron chi connectivity index (χ4n) is 3.91. The second kappa shape index (κ2) is 9.16. The molecule has 7 nitrogen and oxygen atoms in total. The summed E-state index contributed by atoms with van der Waals surface area (Å²) in [5.41, 5.74) is 5.39. The zero-order valence-electron chi connectivity index (χ0n) is 18.7. The highest BCUT2D eigenvalue weighted by Gasteiger charge is 2.16. The number of aromatic amines is 1. The first-order valence-corrected chi connectivity index (χ1v) is 11.2. The molecule has 0 fully saturated rings. The van der Waals surface area contributed by atoms with Crippen LogP contribution in [0.2, 0.25) is 0 Å². The van der Waals surface area contributed by atoms with Gasteiger partial charge in [0.25, 0.3) is 0 Å². The smallest absolute Gasteiger partial charge is 0.181 e. The Bertz CT molecular complexity index is 1320. The van der Waals surface area contributed by atoms with E-state index in [-0.39, 0.29) is 6.04 Å². The first-order valence-electron chi connectivity index (χ1n) is 11.2. The van der Waals surface area contributed by atoms with Crippen LogP contribution in [0.3, 0.4) is 0 Å². The van der Waals surface area contributed by atoms with Crippen molar-refractivity contribution >= 4 is 0 Å². The molecule has 1 atom stereocenters. The average molecular weight is 436 g/mol. The summed E-state index contributed by atoms with van der Waals surface area (Å²) in [5, 5.41) is 19.2. The van der Waals surface area contributed by atoms with Gasteiger partial charge in [-0.05, 0) is 40.5 Å². The number of nitrogens with zero attached hydrogens (tertiary/aromatic N) is 6. The molecule has 0 aliphatic carbocycles. The van der Waals surface area contributed by atoms with Crippen LogP contribution in [-0.4, -0.2) is 35.4 Å². The van der Waals surface area contributed by atoms with Crippen molar-refractivity contribution in [3.05, 3.63) is 90.3 Å². The predicted molar refractivity (Wildman–Crippen MR) is 128 cm³/mol. The maximum atomic E-state index is 4.90. The van der Waals surface area contributed by atoms with Crippen LogP contribution in [0.15, 0.2) is 78.9 Å². The Morgan fingerprint density at radius 2 is 1.58 bits per heavy atom. The van der Waals surface area contributed by atoms with Gasteiger partial charge in [-0.15, -0.1) is 5.10 Å². The average Bonchev–Trinajstić information content (AvgIpc) is 3.55. The topological polar surface area (TPSA) is 85.2 Å². The largest absolute Gasteiger partial charge is 0.246 e.